The highest BCUT2D eigenvalue weighted by atomic mass is 35.5. The van der Waals surface area contributed by atoms with Crippen LogP contribution in [0.3, 0.4) is 0 Å². The molecular formula is C21H29ClN6O2. The van der Waals surface area contributed by atoms with Crippen LogP contribution in [-0.2, 0) is 11.3 Å². The molecule has 0 radical (unpaired) electrons. The van der Waals surface area contributed by atoms with E-state index >= 15 is 0 Å². The number of ether oxygens (including phenoxy) is 1. The first-order chi connectivity index (χ1) is 14.7. The molecule has 0 aliphatic carbocycles. The number of piperidine rings is 1. The van der Waals surface area contributed by atoms with E-state index < -0.39 is 0 Å². The molecule has 0 bridgehead atoms. The lowest BCUT2D eigenvalue weighted by molar-refractivity contribution is 0.118. The highest BCUT2D eigenvalue weighted by molar-refractivity contribution is 6.18. The molecule has 162 valence electrons. The minimum Gasteiger partial charge on any atom is -0.422 e. The van der Waals surface area contributed by atoms with Crippen molar-refractivity contribution < 1.29 is 9.15 Å². The number of alkyl halides is 1. The second kappa shape index (κ2) is 11.7. The lowest BCUT2D eigenvalue weighted by Crippen LogP contribution is -2.34. The van der Waals surface area contributed by atoms with E-state index in [4.69, 9.17) is 26.5 Å². The summed E-state index contributed by atoms with van der Waals surface area (Å²) in [6.45, 7) is 4.52. The van der Waals surface area contributed by atoms with E-state index in [9.17, 15) is 0 Å². The van der Waals surface area contributed by atoms with Crippen LogP contribution in [0.2, 0.25) is 0 Å². The van der Waals surface area contributed by atoms with Crippen LogP contribution >= 0.6 is 11.6 Å². The summed E-state index contributed by atoms with van der Waals surface area (Å²) in [5, 5.41) is 8.38. The first kappa shape index (κ1) is 22.2. The SMILES string of the molecule is CC/C(COCc1nnc(C2CCN(c3ncccn3)CC2)o1)=C(/N)C/C=C\CCl. The predicted molar refractivity (Wildman–Crippen MR) is 116 cm³/mol. The first-order valence-electron chi connectivity index (χ1n) is 10.3. The highest BCUT2D eigenvalue weighted by Crippen LogP contribution is 2.28. The molecule has 9 heteroatoms. The number of nitrogens with two attached hydrogens (primary N) is 1. The molecule has 0 aromatic carbocycles. The van der Waals surface area contributed by atoms with Gasteiger partial charge in [0.2, 0.25) is 17.7 Å². The molecule has 0 atom stereocenters. The number of hydrogen-bond donors (Lipinski definition) is 1. The zero-order valence-electron chi connectivity index (χ0n) is 17.3. The van der Waals surface area contributed by atoms with Gasteiger partial charge in [0, 0.05) is 49.4 Å². The van der Waals surface area contributed by atoms with Crippen molar-refractivity contribution in [3.05, 3.63) is 53.7 Å². The third-order valence-corrected chi connectivity index (χ3v) is 5.32. The topological polar surface area (TPSA) is 103 Å². The van der Waals surface area contributed by atoms with Crippen molar-refractivity contribution in [3.8, 4) is 0 Å². The maximum absolute atomic E-state index is 6.14. The van der Waals surface area contributed by atoms with Gasteiger partial charge in [-0.15, -0.1) is 21.8 Å². The summed E-state index contributed by atoms with van der Waals surface area (Å²) < 4.78 is 11.6. The van der Waals surface area contributed by atoms with Crippen molar-refractivity contribution in [1.82, 2.24) is 20.2 Å². The molecular weight excluding hydrogens is 404 g/mol. The normalized spacial score (nSPS) is 16.3. The molecule has 0 saturated carbocycles. The van der Waals surface area contributed by atoms with Crippen LogP contribution in [0.25, 0.3) is 0 Å². The van der Waals surface area contributed by atoms with Gasteiger partial charge in [0.25, 0.3) is 0 Å². The zero-order valence-corrected chi connectivity index (χ0v) is 18.1. The number of halogens is 1. The first-order valence-corrected chi connectivity index (χ1v) is 10.8. The fourth-order valence-corrected chi connectivity index (χ4v) is 3.50. The molecule has 0 spiro atoms. The van der Waals surface area contributed by atoms with Gasteiger partial charge in [0.05, 0.1) is 6.61 Å². The summed E-state index contributed by atoms with van der Waals surface area (Å²) >= 11 is 5.64. The summed E-state index contributed by atoms with van der Waals surface area (Å²) in [6, 6.07) is 1.82. The molecule has 0 unspecified atom stereocenters. The molecule has 2 aromatic rings. The summed E-state index contributed by atoms with van der Waals surface area (Å²) in [5.74, 6) is 2.69. The molecule has 30 heavy (non-hydrogen) atoms. The molecule has 0 amide bonds. The number of nitrogens with zero attached hydrogens (tertiary/aromatic N) is 5. The lowest BCUT2D eigenvalue weighted by atomic mass is 9.97. The van der Waals surface area contributed by atoms with E-state index in [0.29, 0.717) is 30.7 Å². The van der Waals surface area contributed by atoms with E-state index in [1.807, 2.05) is 18.2 Å². The van der Waals surface area contributed by atoms with Gasteiger partial charge >= 0.3 is 0 Å². The zero-order chi connectivity index (χ0) is 21.2. The van der Waals surface area contributed by atoms with Crippen LogP contribution in [0.15, 0.2) is 46.3 Å². The van der Waals surface area contributed by atoms with E-state index in [1.54, 1.807) is 12.4 Å². The smallest absolute Gasteiger partial charge is 0.242 e. The summed E-state index contributed by atoms with van der Waals surface area (Å²) in [4.78, 5) is 10.8. The fourth-order valence-electron chi connectivity index (χ4n) is 3.37. The second-order valence-corrected chi connectivity index (χ2v) is 7.46. The molecule has 2 N–H and O–H groups in total. The largest absolute Gasteiger partial charge is 0.422 e. The Morgan fingerprint density at radius 2 is 2.03 bits per heavy atom. The van der Waals surface area contributed by atoms with Gasteiger partial charge in [-0.3, -0.25) is 0 Å². The number of rotatable bonds is 10. The Morgan fingerprint density at radius 1 is 1.27 bits per heavy atom. The average molecular weight is 433 g/mol. The van der Waals surface area contributed by atoms with Crippen LogP contribution in [-0.4, -0.2) is 45.7 Å². The minimum atomic E-state index is 0.252. The molecule has 1 saturated heterocycles. The maximum Gasteiger partial charge on any atom is 0.242 e. The van der Waals surface area contributed by atoms with Crippen molar-refractivity contribution in [2.24, 2.45) is 5.73 Å². The second-order valence-electron chi connectivity index (χ2n) is 7.15. The van der Waals surface area contributed by atoms with Gasteiger partial charge in [0.1, 0.15) is 6.61 Å². The predicted octanol–water partition coefficient (Wildman–Crippen LogP) is 3.57. The number of anilines is 1. The quantitative estimate of drug-likeness (QED) is 0.449. The Balaban J connectivity index is 1.46. The van der Waals surface area contributed by atoms with Crippen LogP contribution in [0.1, 0.15) is 50.3 Å². The monoisotopic (exact) mass is 432 g/mol. The van der Waals surface area contributed by atoms with E-state index in [-0.39, 0.29) is 12.5 Å². The van der Waals surface area contributed by atoms with Gasteiger partial charge in [-0.2, -0.15) is 0 Å². The molecule has 8 nitrogen and oxygen atoms in total. The summed E-state index contributed by atoms with van der Waals surface area (Å²) in [5.41, 5.74) is 8.04. The van der Waals surface area contributed by atoms with Crippen LogP contribution in [0.5, 0.6) is 0 Å². The Kier molecular flexibility index (Phi) is 8.65. The van der Waals surface area contributed by atoms with Gasteiger partial charge in [-0.05, 0) is 30.9 Å². The summed E-state index contributed by atoms with van der Waals surface area (Å²) in [7, 11) is 0. The number of allylic oxidation sites excluding steroid dienone is 2. The Hall–Kier alpha value is -2.45. The van der Waals surface area contributed by atoms with Gasteiger partial charge < -0.3 is 19.8 Å². The molecule has 1 aliphatic heterocycles. The molecule has 2 aromatic heterocycles. The van der Waals surface area contributed by atoms with E-state index in [1.165, 1.54) is 0 Å². The van der Waals surface area contributed by atoms with Gasteiger partial charge in [0.15, 0.2) is 0 Å². The van der Waals surface area contributed by atoms with Crippen LogP contribution in [0, 0.1) is 0 Å². The third kappa shape index (κ3) is 6.27. The van der Waals surface area contributed by atoms with Crippen molar-refractivity contribution in [1.29, 1.82) is 0 Å². The van der Waals surface area contributed by atoms with E-state index in [0.717, 1.165) is 49.6 Å². The minimum absolute atomic E-state index is 0.252. The van der Waals surface area contributed by atoms with Crippen molar-refractivity contribution in [3.63, 3.8) is 0 Å². The van der Waals surface area contributed by atoms with Gasteiger partial charge in [-0.25, -0.2) is 9.97 Å². The Bertz CT molecular complexity index is 831. The molecule has 1 aliphatic rings. The standard InChI is InChI=1S/C21H29ClN6O2/c1-2-16(18(23)6-3-4-9-22)14-29-15-19-26-27-20(30-19)17-7-12-28(13-8-17)21-24-10-5-11-25-21/h3-5,10-11,17H,2,6-9,12-15,23H2,1H3/b4-3-,18-16-. The maximum atomic E-state index is 6.14. The van der Waals surface area contributed by atoms with E-state index in [2.05, 4.69) is 32.0 Å². The van der Waals surface area contributed by atoms with Crippen LogP contribution in [0.4, 0.5) is 5.95 Å². The fraction of sp³-hybridized carbons (Fsp3) is 0.524. The summed E-state index contributed by atoms with van der Waals surface area (Å²) in [6.07, 6.45) is 10.8. The molecule has 3 heterocycles. The van der Waals surface area contributed by atoms with Crippen molar-refractivity contribution in [2.45, 2.75) is 45.1 Å². The molecule has 1 fully saturated rings. The number of aromatic nitrogens is 4. The Morgan fingerprint density at radius 3 is 2.73 bits per heavy atom. The van der Waals surface area contributed by atoms with Crippen molar-refractivity contribution in [2.75, 3.05) is 30.5 Å². The van der Waals surface area contributed by atoms with Gasteiger partial charge in [-0.1, -0.05) is 19.1 Å². The lowest BCUT2D eigenvalue weighted by Gasteiger charge is -2.30. The highest BCUT2D eigenvalue weighted by Gasteiger charge is 2.26. The van der Waals surface area contributed by atoms with Crippen molar-refractivity contribution >= 4 is 17.5 Å². The third-order valence-electron chi connectivity index (χ3n) is 5.14. The van der Waals surface area contributed by atoms with Crippen LogP contribution < -0.4 is 10.6 Å². The number of hydrogen-bond acceptors (Lipinski definition) is 8. The average Bonchev–Trinajstić information content (AvgIpc) is 3.26. The molecule has 3 rings (SSSR count). The Labute approximate surface area is 182 Å².